The normalized spacial score (nSPS) is 16.6. The Balaban J connectivity index is 1.98. The Labute approximate surface area is 165 Å². The molecule has 1 unspecified atom stereocenters. The van der Waals surface area contributed by atoms with Gasteiger partial charge in [0.25, 0.3) is 0 Å². The number of ether oxygens (including phenoxy) is 3. The van der Waals surface area contributed by atoms with Gasteiger partial charge in [0.1, 0.15) is 5.75 Å². The molecule has 1 heterocycles. The fourth-order valence-electron chi connectivity index (χ4n) is 3.43. The molecule has 0 saturated carbocycles. The van der Waals surface area contributed by atoms with E-state index in [0.29, 0.717) is 24.5 Å². The van der Waals surface area contributed by atoms with Gasteiger partial charge < -0.3 is 14.2 Å². The van der Waals surface area contributed by atoms with Crippen molar-refractivity contribution in [2.24, 2.45) is 11.0 Å². The standard InChI is InChI=1S/C22H26N2O4/c1-5-15-13-21(25)24(14-17-8-6-7-9-18(17)26-2)23-22(15)16-10-11-19(27-3)20(12-16)28-4/h6-12,15H,5,13-14H2,1-4H3. The lowest BCUT2D eigenvalue weighted by atomic mass is 9.89. The third kappa shape index (κ3) is 3.96. The predicted molar refractivity (Wildman–Crippen MR) is 108 cm³/mol. The van der Waals surface area contributed by atoms with Crippen molar-refractivity contribution in [3.63, 3.8) is 0 Å². The van der Waals surface area contributed by atoms with E-state index in [0.717, 1.165) is 29.0 Å². The molecule has 2 aromatic carbocycles. The van der Waals surface area contributed by atoms with Gasteiger partial charge in [-0.1, -0.05) is 25.1 Å². The maximum Gasteiger partial charge on any atom is 0.243 e. The van der Waals surface area contributed by atoms with Crippen LogP contribution in [0.25, 0.3) is 0 Å². The van der Waals surface area contributed by atoms with E-state index in [1.165, 1.54) is 5.01 Å². The number of benzene rings is 2. The molecule has 1 atom stereocenters. The smallest absolute Gasteiger partial charge is 0.243 e. The lowest BCUT2D eigenvalue weighted by Crippen LogP contribution is -2.36. The van der Waals surface area contributed by atoms with Crippen LogP contribution in [0.4, 0.5) is 0 Å². The Morgan fingerprint density at radius 2 is 1.71 bits per heavy atom. The monoisotopic (exact) mass is 382 g/mol. The average Bonchev–Trinajstić information content (AvgIpc) is 2.74. The van der Waals surface area contributed by atoms with Gasteiger partial charge in [0, 0.05) is 23.5 Å². The zero-order valence-corrected chi connectivity index (χ0v) is 16.8. The molecule has 0 aromatic heterocycles. The van der Waals surface area contributed by atoms with Crippen LogP contribution in [0.15, 0.2) is 47.6 Å². The molecule has 6 nitrogen and oxygen atoms in total. The second-order valence-electron chi connectivity index (χ2n) is 6.63. The molecule has 3 rings (SSSR count). The summed E-state index contributed by atoms with van der Waals surface area (Å²) < 4.78 is 16.2. The molecule has 2 aromatic rings. The van der Waals surface area contributed by atoms with Gasteiger partial charge in [-0.2, -0.15) is 5.10 Å². The zero-order chi connectivity index (χ0) is 20.1. The fourth-order valence-corrected chi connectivity index (χ4v) is 3.43. The summed E-state index contributed by atoms with van der Waals surface area (Å²) in [6.45, 7) is 2.44. The first-order chi connectivity index (χ1) is 13.6. The van der Waals surface area contributed by atoms with Gasteiger partial charge in [-0.15, -0.1) is 0 Å². The molecular weight excluding hydrogens is 356 g/mol. The number of hydrazone groups is 1. The number of carbonyl (C=O) groups excluding carboxylic acids is 1. The Hall–Kier alpha value is -3.02. The summed E-state index contributed by atoms with van der Waals surface area (Å²) in [5.41, 5.74) is 2.74. The van der Waals surface area contributed by atoms with E-state index >= 15 is 0 Å². The van der Waals surface area contributed by atoms with Crippen molar-refractivity contribution in [1.82, 2.24) is 5.01 Å². The number of para-hydroxylation sites is 1. The van der Waals surface area contributed by atoms with Crippen LogP contribution in [0.3, 0.4) is 0 Å². The molecule has 1 aliphatic rings. The Bertz CT molecular complexity index is 879. The minimum Gasteiger partial charge on any atom is -0.496 e. The van der Waals surface area contributed by atoms with E-state index < -0.39 is 0 Å². The fraction of sp³-hybridized carbons (Fsp3) is 0.364. The summed E-state index contributed by atoms with van der Waals surface area (Å²) in [4.78, 5) is 12.7. The molecule has 0 saturated heterocycles. The van der Waals surface area contributed by atoms with Crippen molar-refractivity contribution < 1.29 is 19.0 Å². The minimum atomic E-state index is 0.0157. The first-order valence-electron chi connectivity index (χ1n) is 9.34. The molecule has 28 heavy (non-hydrogen) atoms. The van der Waals surface area contributed by atoms with E-state index in [4.69, 9.17) is 19.3 Å². The lowest BCUT2D eigenvalue weighted by molar-refractivity contribution is -0.133. The maximum atomic E-state index is 12.7. The van der Waals surface area contributed by atoms with Crippen LogP contribution >= 0.6 is 0 Å². The van der Waals surface area contributed by atoms with Gasteiger partial charge >= 0.3 is 0 Å². The van der Waals surface area contributed by atoms with Crippen molar-refractivity contribution in [1.29, 1.82) is 0 Å². The van der Waals surface area contributed by atoms with Gasteiger partial charge in [0.15, 0.2) is 11.5 Å². The van der Waals surface area contributed by atoms with Crippen LogP contribution in [-0.4, -0.2) is 38.0 Å². The maximum absolute atomic E-state index is 12.7. The van der Waals surface area contributed by atoms with Crippen molar-refractivity contribution in [3.05, 3.63) is 53.6 Å². The van der Waals surface area contributed by atoms with Crippen LogP contribution in [0.1, 0.15) is 30.9 Å². The van der Waals surface area contributed by atoms with Gasteiger partial charge in [0.05, 0.1) is 33.6 Å². The largest absolute Gasteiger partial charge is 0.496 e. The third-order valence-electron chi connectivity index (χ3n) is 5.01. The molecule has 6 heteroatoms. The zero-order valence-electron chi connectivity index (χ0n) is 16.8. The van der Waals surface area contributed by atoms with E-state index in [9.17, 15) is 4.79 Å². The highest BCUT2D eigenvalue weighted by molar-refractivity contribution is 6.06. The summed E-state index contributed by atoms with van der Waals surface area (Å²) in [5.74, 6) is 2.14. The van der Waals surface area contributed by atoms with Crippen molar-refractivity contribution >= 4 is 11.6 Å². The van der Waals surface area contributed by atoms with Gasteiger partial charge in [-0.25, -0.2) is 5.01 Å². The third-order valence-corrected chi connectivity index (χ3v) is 5.01. The minimum absolute atomic E-state index is 0.0157. The number of methoxy groups -OCH3 is 3. The number of rotatable bonds is 7. The van der Waals surface area contributed by atoms with Crippen LogP contribution in [0, 0.1) is 5.92 Å². The molecule has 1 amide bonds. The quantitative estimate of drug-likeness (QED) is 0.729. The number of hydrogen-bond donors (Lipinski definition) is 0. The van der Waals surface area contributed by atoms with Gasteiger partial charge in [0.2, 0.25) is 5.91 Å². The van der Waals surface area contributed by atoms with Crippen molar-refractivity contribution in [3.8, 4) is 17.2 Å². The molecule has 0 fully saturated rings. The Morgan fingerprint density at radius 1 is 1.00 bits per heavy atom. The first kappa shape index (κ1) is 19.7. The topological polar surface area (TPSA) is 60.4 Å². The van der Waals surface area contributed by atoms with E-state index in [1.807, 2.05) is 42.5 Å². The highest BCUT2D eigenvalue weighted by Gasteiger charge is 2.30. The molecule has 0 radical (unpaired) electrons. The van der Waals surface area contributed by atoms with Crippen LogP contribution in [-0.2, 0) is 11.3 Å². The second-order valence-corrected chi connectivity index (χ2v) is 6.63. The van der Waals surface area contributed by atoms with Crippen LogP contribution in [0.2, 0.25) is 0 Å². The molecule has 148 valence electrons. The Kier molecular flexibility index (Phi) is 6.19. The summed E-state index contributed by atoms with van der Waals surface area (Å²) in [5, 5.41) is 6.27. The highest BCUT2D eigenvalue weighted by atomic mass is 16.5. The van der Waals surface area contributed by atoms with Crippen molar-refractivity contribution in [2.45, 2.75) is 26.3 Å². The van der Waals surface area contributed by atoms with Crippen LogP contribution < -0.4 is 14.2 Å². The number of hydrogen-bond acceptors (Lipinski definition) is 5. The summed E-state index contributed by atoms with van der Waals surface area (Å²) in [7, 11) is 4.85. The lowest BCUT2D eigenvalue weighted by Gasteiger charge is -2.29. The summed E-state index contributed by atoms with van der Waals surface area (Å²) in [6, 6.07) is 13.4. The van der Waals surface area contributed by atoms with Gasteiger partial charge in [-0.3, -0.25) is 4.79 Å². The predicted octanol–water partition coefficient (Wildman–Crippen LogP) is 3.88. The summed E-state index contributed by atoms with van der Waals surface area (Å²) in [6.07, 6.45) is 1.26. The molecule has 1 aliphatic heterocycles. The number of amides is 1. The second kappa shape index (κ2) is 8.78. The number of carbonyl (C=O) groups is 1. The van der Waals surface area contributed by atoms with E-state index in [2.05, 4.69) is 6.92 Å². The average molecular weight is 382 g/mol. The molecule has 0 bridgehead atoms. The molecule has 0 aliphatic carbocycles. The highest BCUT2D eigenvalue weighted by Crippen LogP contribution is 2.32. The SMILES string of the molecule is CCC1CC(=O)N(Cc2ccccc2OC)N=C1c1ccc(OC)c(OC)c1. The summed E-state index contributed by atoms with van der Waals surface area (Å²) >= 11 is 0. The van der Waals surface area contributed by atoms with Crippen LogP contribution in [0.5, 0.6) is 17.2 Å². The van der Waals surface area contributed by atoms with Gasteiger partial charge in [-0.05, 0) is 30.7 Å². The number of nitrogens with zero attached hydrogens (tertiary/aromatic N) is 2. The Morgan fingerprint density at radius 3 is 2.39 bits per heavy atom. The molecular formula is C22H26N2O4. The van der Waals surface area contributed by atoms with E-state index in [-0.39, 0.29) is 11.8 Å². The van der Waals surface area contributed by atoms with Crippen molar-refractivity contribution in [2.75, 3.05) is 21.3 Å². The molecule has 0 N–H and O–H groups in total. The van der Waals surface area contributed by atoms with E-state index in [1.54, 1.807) is 21.3 Å². The first-order valence-corrected chi connectivity index (χ1v) is 9.34. The molecule has 0 spiro atoms.